The molecule has 0 spiro atoms. The van der Waals surface area contributed by atoms with Crippen molar-refractivity contribution in [1.29, 1.82) is 0 Å². The first kappa shape index (κ1) is 19.9. The number of rotatable bonds is 7. The third kappa shape index (κ3) is 5.11. The van der Waals surface area contributed by atoms with Crippen LogP contribution in [0.3, 0.4) is 0 Å². The van der Waals surface area contributed by atoms with E-state index in [-0.39, 0.29) is 12.1 Å². The van der Waals surface area contributed by atoms with E-state index in [0.717, 1.165) is 18.7 Å². The predicted molar refractivity (Wildman–Crippen MR) is 106 cm³/mol. The maximum absolute atomic E-state index is 12.3. The average Bonchev–Trinajstić information content (AvgIpc) is 2.75. The fourth-order valence-corrected chi connectivity index (χ4v) is 3.21. The maximum atomic E-state index is 12.3. The normalized spacial score (nSPS) is 15.5. The monoisotopic (exact) mass is 386 g/mol. The van der Waals surface area contributed by atoms with Gasteiger partial charge >= 0.3 is 6.03 Å². The lowest BCUT2D eigenvalue weighted by molar-refractivity contribution is 0.0167. The van der Waals surface area contributed by atoms with Crippen molar-refractivity contribution in [2.75, 3.05) is 52.4 Å². The van der Waals surface area contributed by atoms with E-state index in [0.29, 0.717) is 36.9 Å². The number of urea groups is 1. The summed E-state index contributed by atoms with van der Waals surface area (Å²) in [5, 5.41) is 5.75. The molecule has 1 aliphatic heterocycles. The maximum Gasteiger partial charge on any atom is 0.319 e. The molecule has 1 aliphatic rings. The van der Waals surface area contributed by atoms with E-state index >= 15 is 0 Å². The number of hydrogen-bond donors (Lipinski definition) is 2. The summed E-state index contributed by atoms with van der Waals surface area (Å²) >= 11 is 0. The zero-order valence-corrected chi connectivity index (χ0v) is 16.2. The summed E-state index contributed by atoms with van der Waals surface area (Å²) < 4.78 is 16.3. The summed E-state index contributed by atoms with van der Waals surface area (Å²) in [6.07, 6.45) is 3.27. The Hall–Kier alpha value is -2.84. The molecule has 3 rings (SSSR count). The van der Waals surface area contributed by atoms with Crippen LogP contribution in [0, 0.1) is 0 Å². The number of anilines is 1. The SMILES string of the molecule is COc1ccc(C(CNC(=O)Nc2cccnc2)N2CCOCC2)cc1OC. The van der Waals surface area contributed by atoms with Crippen LogP contribution in [0.1, 0.15) is 11.6 Å². The summed E-state index contributed by atoms with van der Waals surface area (Å²) in [6, 6.07) is 9.13. The first-order chi connectivity index (χ1) is 13.7. The molecule has 2 amide bonds. The van der Waals surface area contributed by atoms with Gasteiger partial charge in [0.05, 0.1) is 45.4 Å². The van der Waals surface area contributed by atoms with Gasteiger partial charge in [0.15, 0.2) is 11.5 Å². The third-order valence-corrected chi connectivity index (χ3v) is 4.65. The summed E-state index contributed by atoms with van der Waals surface area (Å²) in [5.74, 6) is 1.34. The number of carbonyl (C=O) groups excluding carboxylic acids is 1. The topological polar surface area (TPSA) is 85.0 Å². The molecule has 2 heterocycles. The van der Waals surface area contributed by atoms with Crippen LogP contribution in [0.2, 0.25) is 0 Å². The van der Waals surface area contributed by atoms with E-state index in [1.807, 2.05) is 18.2 Å². The Balaban J connectivity index is 1.73. The van der Waals surface area contributed by atoms with Crippen molar-refractivity contribution in [2.45, 2.75) is 6.04 Å². The highest BCUT2D eigenvalue weighted by molar-refractivity contribution is 5.88. The predicted octanol–water partition coefficient (Wildman–Crippen LogP) is 2.29. The Kier molecular flexibility index (Phi) is 7.05. The number of benzene rings is 1. The molecular weight excluding hydrogens is 360 g/mol. The number of nitrogens with one attached hydrogen (secondary N) is 2. The smallest absolute Gasteiger partial charge is 0.319 e. The van der Waals surface area contributed by atoms with Crippen molar-refractivity contribution < 1.29 is 19.0 Å². The van der Waals surface area contributed by atoms with Gasteiger partial charge in [-0.15, -0.1) is 0 Å². The minimum absolute atomic E-state index is 0.0108. The molecule has 0 radical (unpaired) electrons. The largest absolute Gasteiger partial charge is 0.493 e. The zero-order chi connectivity index (χ0) is 19.8. The Morgan fingerprint density at radius 2 is 2.00 bits per heavy atom. The van der Waals surface area contributed by atoms with E-state index in [4.69, 9.17) is 14.2 Å². The van der Waals surface area contributed by atoms with Crippen LogP contribution < -0.4 is 20.1 Å². The second-order valence-electron chi connectivity index (χ2n) is 6.36. The second-order valence-corrected chi connectivity index (χ2v) is 6.36. The number of pyridine rings is 1. The molecule has 28 heavy (non-hydrogen) atoms. The van der Waals surface area contributed by atoms with Gasteiger partial charge in [0.2, 0.25) is 0 Å². The number of morpholine rings is 1. The van der Waals surface area contributed by atoms with Crippen molar-refractivity contribution in [3.05, 3.63) is 48.3 Å². The van der Waals surface area contributed by atoms with Gasteiger partial charge in [0, 0.05) is 25.8 Å². The molecule has 1 atom stereocenters. The highest BCUT2D eigenvalue weighted by atomic mass is 16.5. The Morgan fingerprint density at radius 3 is 2.68 bits per heavy atom. The molecule has 150 valence electrons. The number of carbonyl (C=O) groups is 1. The summed E-state index contributed by atoms with van der Waals surface area (Å²) in [7, 11) is 3.23. The van der Waals surface area contributed by atoms with Crippen LogP contribution in [0.4, 0.5) is 10.5 Å². The van der Waals surface area contributed by atoms with Crippen molar-refractivity contribution in [2.24, 2.45) is 0 Å². The Labute approximate surface area is 164 Å². The van der Waals surface area contributed by atoms with Gasteiger partial charge in [-0.1, -0.05) is 6.07 Å². The summed E-state index contributed by atoms with van der Waals surface area (Å²) in [6.45, 7) is 3.38. The van der Waals surface area contributed by atoms with E-state index < -0.39 is 0 Å². The quantitative estimate of drug-likeness (QED) is 0.760. The van der Waals surface area contributed by atoms with Crippen LogP contribution in [-0.4, -0.2) is 63.0 Å². The van der Waals surface area contributed by atoms with Gasteiger partial charge in [0.1, 0.15) is 0 Å². The van der Waals surface area contributed by atoms with Crippen molar-refractivity contribution in [3.63, 3.8) is 0 Å². The molecule has 1 fully saturated rings. The second kappa shape index (κ2) is 9.91. The molecule has 2 aromatic rings. The molecule has 1 saturated heterocycles. The molecule has 2 N–H and O–H groups in total. The first-order valence-electron chi connectivity index (χ1n) is 9.20. The lowest BCUT2D eigenvalue weighted by Gasteiger charge is -2.35. The van der Waals surface area contributed by atoms with Crippen molar-refractivity contribution in [1.82, 2.24) is 15.2 Å². The van der Waals surface area contributed by atoms with E-state index in [2.05, 4.69) is 20.5 Å². The van der Waals surface area contributed by atoms with E-state index in [1.165, 1.54) is 0 Å². The van der Waals surface area contributed by atoms with Gasteiger partial charge in [-0.3, -0.25) is 9.88 Å². The molecule has 8 nitrogen and oxygen atoms in total. The molecule has 8 heteroatoms. The minimum atomic E-state index is -0.272. The lowest BCUT2D eigenvalue weighted by atomic mass is 10.0. The third-order valence-electron chi connectivity index (χ3n) is 4.65. The summed E-state index contributed by atoms with van der Waals surface area (Å²) in [5.41, 5.74) is 1.69. The molecular formula is C20H26N4O4. The standard InChI is InChI=1S/C20H26N4O4/c1-26-18-6-5-15(12-19(18)27-2)17(24-8-10-28-11-9-24)14-22-20(25)23-16-4-3-7-21-13-16/h3-7,12-13,17H,8-11,14H2,1-2H3,(H2,22,23,25). The summed E-state index contributed by atoms with van der Waals surface area (Å²) in [4.78, 5) is 18.6. The molecule has 1 aromatic heterocycles. The van der Waals surface area contributed by atoms with Gasteiger partial charge in [-0.25, -0.2) is 4.79 Å². The average molecular weight is 386 g/mol. The van der Waals surface area contributed by atoms with E-state index in [9.17, 15) is 4.79 Å². The zero-order valence-electron chi connectivity index (χ0n) is 16.2. The number of methoxy groups -OCH3 is 2. The van der Waals surface area contributed by atoms with Crippen LogP contribution >= 0.6 is 0 Å². The van der Waals surface area contributed by atoms with Gasteiger partial charge in [-0.2, -0.15) is 0 Å². The number of amides is 2. The fourth-order valence-electron chi connectivity index (χ4n) is 3.21. The van der Waals surface area contributed by atoms with Gasteiger partial charge in [-0.05, 0) is 29.8 Å². The molecule has 0 saturated carbocycles. The van der Waals surface area contributed by atoms with Crippen LogP contribution in [0.5, 0.6) is 11.5 Å². The fraction of sp³-hybridized carbons (Fsp3) is 0.400. The van der Waals surface area contributed by atoms with Crippen molar-refractivity contribution >= 4 is 11.7 Å². The molecule has 1 unspecified atom stereocenters. The highest BCUT2D eigenvalue weighted by Crippen LogP contribution is 2.32. The van der Waals surface area contributed by atoms with Gasteiger partial charge < -0.3 is 24.8 Å². The molecule has 1 aromatic carbocycles. The van der Waals surface area contributed by atoms with Crippen LogP contribution in [0.15, 0.2) is 42.7 Å². The lowest BCUT2D eigenvalue weighted by Crippen LogP contribution is -2.44. The van der Waals surface area contributed by atoms with Crippen molar-refractivity contribution in [3.8, 4) is 11.5 Å². The minimum Gasteiger partial charge on any atom is -0.493 e. The number of ether oxygens (including phenoxy) is 3. The Morgan fingerprint density at radius 1 is 1.21 bits per heavy atom. The first-order valence-corrected chi connectivity index (χ1v) is 9.20. The Bertz CT molecular complexity index is 766. The van der Waals surface area contributed by atoms with Gasteiger partial charge in [0.25, 0.3) is 0 Å². The van der Waals surface area contributed by atoms with E-state index in [1.54, 1.807) is 38.7 Å². The highest BCUT2D eigenvalue weighted by Gasteiger charge is 2.24. The molecule has 0 aliphatic carbocycles. The number of hydrogen-bond acceptors (Lipinski definition) is 6. The number of nitrogens with zero attached hydrogens (tertiary/aromatic N) is 2. The van der Waals surface area contributed by atoms with Crippen LogP contribution in [-0.2, 0) is 4.74 Å². The molecule has 0 bridgehead atoms. The number of aromatic nitrogens is 1. The van der Waals surface area contributed by atoms with Crippen LogP contribution in [0.25, 0.3) is 0 Å².